The standard InChI is InChI=1S/C24H19F3N4O3S2/c25-24(26,27)19-13-7-8-14-20(19)28-22(32)15-35-23-30-29-21(31(23)17-9-3-1-4-10-17)16-36(33,34)18-11-5-2-6-12-18/h1-14H,15-16H2,(H,28,32). The first kappa shape index (κ1) is 25.5. The van der Waals surface area contributed by atoms with Crippen molar-refractivity contribution in [3.8, 4) is 5.69 Å². The summed E-state index contributed by atoms with van der Waals surface area (Å²) in [4.78, 5) is 12.6. The van der Waals surface area contributed by atoms with Crippen molar-refractivity contribution in [2.75, 3.05) is 11.1 Å². The number of halogens is 3. The van der Waals surface area contributed by atoms with Gasteiger partial charge in [-0.2, -0.15) is 13.2 Å². The van der Waals surface area contributed by atoms with Gasteiger partial charge in [0.25, 0.3) is 0 Å². The van der Waals surface area contributed by atoms with E-state index in [1.165, 1.54) is 34.9 Å². The van der Waals surface area contributed by atoms with Gasteiger partial charge in [-0.05, 0) is 36.4 Å². The molecule has 0 aliphatic rings. The molecule has 1 heterocycles. The second kappa shape index (κ2) is 10.5. The van der Waals surface area contributed by atoms with Gasteiger partial charge in [-0.3, -0.25) is 9.36 Å². The SMILES string of the molecule is O=C(CSc1nnc(CS(=O)(=O)c2ccccc2)n1-c1ccccc1)Nc1ccccc1C(F)(F)F. The number of hydrogen-bond donors (Lipinski definition) is 1. The third-order valence-electron chi connectivity index (χ3n) is 4.98. The molecule has 0 radical (unpaired) electrons. The summed E-state index contributed by atoms with van der Waals surface area (Å²) < 4.78 is 67.1. The summed E-state index contributed by atoms with van der Waals surface area (Å²) in [5.41, 5.74) is -0.731. The minimum atomic E-state index is -4.62. The minimum Gasteiger partial charge on any atom is -0.325 e. The average Bonchev–Trinajstić information content (AvgIpc) is 3.25. The van der Waals surface area contributed by atoms with Crippen LogP contribution >= 0.6 is 11.8 Å². The lowest BCUT2D eigenvalue weighted by Gasteiger charge is -2.13. The largest absolute Gasteiger partial charge is 0.418 e. The lowest BCUT2D eigenvalue weighted by atomic mass is 10.1. The molecule has 0 unspecified atom stereocenters. The van der Waals surface area contributed by atoms with Gasteiger partial charge >= 0.3 is 6.18 Å². The summed E-state index contributed by atoms with van der Waals surface area (Å²) in [6.45, 7) is 0. The smallest absolute Gasteiger partial charge is 0.325 e. The van der Waals surface area contributed by atoms with E-state index in [-0.39, 0.29) is 27.3 Å². The second-order valence-corrected chi connectivity index (χ2v) is 10.5. The van der Waals surface area contributed by atoms with Crippen LogP contribution in [0.4, 0.5) is 18.9 Å². The molecule has 0 saturated heterocycles. The van der Waals surface area contributed by atoms with Gasteiger partial charge in [-0.15, -0.1) is 10.2 Å². The molecule has 0 bridgehead atoms. The zero-order valence-corrected chi connectivity index (χ0v) is 20.1. The van der Waals surface area contributed by atoms with Crippen molar-refractivity contribution in [1.82, 2.24) is 14.8 Å². The summed E-state index contributed by atoms with van der Waals surface area (Å²) in [5.74, 6) is -1.26. The third kappa shape index (κ3) is 5.94. The maximum absolute atomic E-state index is 13.2. The van der Waals surface area contributed by atoms with Crippen molar-refractivity contribution in [2.24, 2.45) is 0 Å². The Labute approximate surface area is 209 Å². The number of nitrogens with one attached hydrogen (secondary N) is 1. The van der Waals surface area contributed by atoms with Gasteiger partial charge in [-0.1, -0.05) is 60.3 Å². The average molecular weight is 533 g/mol. The first-order valence-corrected chi connectivity index (χ1v) is 13.2. The predicted octanol–water partition coefficient (Wildman–Crippen LogP) is 4.99. The molecule has 0 atom stereocenters. The molecule has 0 aliphatic heterocycles. The number of thioether (sulfide) groups is 1. The number of nitrogens with zero attached hydrogens (tertiary/aromatic N) is 3. The summed E-state index contributed by atoms with van der Waals surface area (Å²) in [5, 5.41) is 10.6. The first-order valence-electron chi connectivity index (χ1n) is 10.5. The van der Waals surface area contributed by atoms with Gasteiger partial charge in [0.15, 0.2) is 20.8 Å². The molecule has 1 aromatic heterocycles. The van der Waals surface area contributed by atoms with Crippen molar-refractivity contribution in [3.63, 3.8) is 0 Å². The highest BCUT2D eigenvalue weighted by Gasteiger charge is 2.33. The summed E-state index contributed by atoms with van der Waals surface area (Å²) in [6.07, 6.45) is -4.62. The molecule has 0 fully saturated rings. The highest BCUT2D eigenvalue weighted by molar-refractivity contribution is 7.99. The third-order valence-corrected chi connectivity index (χ3v) is 7.53. The van der Waals surface area contributed by atoms with Crippen LogP contribution in [0.25, 0.3) is 5.69 Å². The number of anilines is 1. The highest BCUT2D eigenvalue weighted by Crippen LogP contribution is 2.34. The first-order chi connectivity index (χ1) is 17.1. The lowest BCUT2D eigenvalue weighted by molar-refractivity contribution is -0.137. The van der Waals surface area contributed by atoms with Crippen molar-refractivity contribution in [3.05, 3.63) is 96.3 Å². The van der Waals surface area contributed by atoms with E-state index in [2.05, 4.69) is 15.5 Å². The van der Waals surface area contributed by atoms with Crippen molar-refractivity contribution in [1.29, 1.82) is 0 Å². The maximum atomic E-state index is 13.2. The van der Waals surface area contributed by atoms with Crippen LogP contribution in [0.15, 0.2) is 95.0 Å². The Morgan fingerprint density at radius 3 is 2.17 bits per heavy atom. The van der Waals surface area contributed by atoms with E-state index in [0.29, 0.717) is 5.69 Å². The van der Waals surface area contributed by atoms with E-state index in [0.717, 1.165) is 17.8 Å². The number of alkyl halides is 3. The quantitative estimate of drug-likeness (QED) is 0.322. The lowest BCUT2D eigenvalue weighted by Crippen LogP contribution is -2.18. The van der Waals surface area contributed by atoms with Gasteiger partial charge in [0, 0.05) is 5.69 Å². The molecule has 0 spiro atoms. The van der Waals surface area contributed by atoms with E-state index in [9.17, 15) is 26.4 Å². The second-order valence-electron chi connectivity index (χ2n) is 7.52. The Bertz CT molecular complexity index is 1460. The maximum Gasteiger partial charge on any atom is 0.418 e. The molecule has 4 rings (SSSR count). The van der Waals surface area contributed by atoms with Crippen LogP contribution < -0.4 is 5.32 Å². The fraction of sp³-hybridized carbons (Fsp3) is 0.125. The Morgan fingerprint density at radius 1 is 0.889 bits per heavy atom. The van der Waals surface area contributed by atoms with Gasteiger partial charge in [0.1, 0.15) is 5.75 Å². The van der Waals surface area contributed by atoms with Crippen molar-refractivity contribution in [2.45, 2.75) is 22.0 Å². The fourth-order valence-corrected chi connectivity index (χ4v) is 5.40. The highest BCUT2D eigenvalue weighted by atomic mass is 32.2. The van der Waals surface area contributed by atoms with E-state index < -0.39 is 33.2 Å². The zero-order chi connectivity index (χ0) is 25.8. The van der Waals surface area contributed by atoms with Crippen LogP contribution in [0, 0.1) is 0 Å². The van der Waals surface area contributed by atoms with Crippen LogP contribution in [0.5, 0.6) is 0 Å². The molecule has 7 nitrogen and oxygen atoms in total. The molecule has 0 saturated carbocycles. The van der Waals surface area contributed by atoms with Crippen molar-refractivity contribution >= 4 is 33.2 Å². The molecule has 36 heavy (non-hydrogen) atoms. The summed E-state index contributed by atoms with van der Waals surface area (Å²) in [7, 11) is -3.74. The zero-order valence-electron chi connectivity index (χ0n) is 18.5. The normalized spacial score (nSPS) is 11.9. The molecule has 3 aromatic carbocycles. The van der Waals surface area contributed by atoms with E-state index >= 15 is 0 Å². The molecular weight excluding hydrogens is 513 g/mol. The number of para-hydroxylation sites is 2. The predicted molar refractivity (Wildman–Crippen MR) is 129 cm³/mol. The Hall–Kier alpha value is -3.64. The molecular formula is C24H19F3N4O3S2. The number of carbonyl (C=O) groups is 1. The topological polar surface area (TPSA) is 94.0 Å². The van der Waals surface area contributed by atoms with Crippen LogP contribution in [0.3, 0.4) is 0 Å². The van der Waals surface area contributed by atoms with Gasteiger partial charge in [-0.25, -0.2) is 8.42 Å². The summed E-state index contributed by atoms with van der Waals surface area (Å²) >= 11 is 0.926. The number of benzene rings is 3. The van der Waals surface area contributed by atoms with E-state index in [4.69, 9.17) is 0 Å². The van der Waals surface area contributed by atoms with Gasteiger partial charge in [0.2, 0.25) is 5.91 Å². The molecule has 12 heteroatoms. The van der Waals surface area contributed by atoms with E-state index in [1.807, 2.05) is 0 Å². The Kier molecular flexibility index (Phi) is 7.45. The van der Waals surface area contributed by atoms with Crippen molar-refractivity contribution < 1.29 is 26.4 Å². The van der Waals surface area contributed by atoms with Crippen LogP contribution in [-0.4, -0.2) is 34.8 Å². The Morgan fingerprint density at radius 2 is 1.50 bits per heavy atom. The summed E-state index contributed by atoms with van der Waals surface area (Å²) in [6, 6.07) is 21.3. The Balaban J connectivity index is 1.57. The minimum absolute atomic E-state index is 0.129. The number of amides is 1. The van der Waals surface area contributed by atoms with Crippen LogP contribution in [0.1, 0.15) is 11.4 Å². The number of aromatic nitrogens is 3. The number of hydrogen-bond acceptors (Lipinski definition) is 6. The molecule has 1 amide bonds. The number of rotatable bonds is 8. The van der Waals surface area contributed by atoms with Gasteiger partial charge < -0.3 is 5.32 Å². The van der Waals surface area contributed by atoms with Gasteiger partial charge in [0.05, 0.1) is 21.9 Å². The fourth-order valence-electron chi connectivity index (χ4n) is 3.36. The molecule has 1 N–H and O–H groups in total. The molecule has 0 aliphatic carbocycles. The van der Waals surface area contributed by atoms with Crippen LogP contribution in [0.2, 0.25) is 0 Å². The monoisotopic (exact) mass is 532 g/mol. The number of sulfone groups is 1. The van der Waals surface area contributed by atoms with E-state index in [1.54, 1.807) is 48.5 Å². The number of carbonyl (C=O) groups excluding carboxylic acids is 1. The molecule has 4 aromatic rings. The molecule has 186 valence electrons. The van der Waals surface area contributed by atoms with Crippen LogP contribution in [-0.2, 0) is 26.6 Å².